The van der Waals surface area contributed by atoms with E-state index in [2.05, 4.69) is 9.46 Å². The van der Waals surface area contributed by atoms with Crippen LogP contribution in [-0.4, -0.2) is 35.2 Å². The van der Waals surface area contributed by atoms with Crippen molar-refractivity contribution in [2.75, 3.05) is 20.8 Å². The van der Waals surface area contributed by atoms with Gasteiger partial charge in [0.2, 0.25) is 10.0 Å². The van der Waals surface area contributed by atoms with E-state index >= 15 is 0 Å². The van der Waals surface area contributed by atoms with Crippen LogP contribution in [0.15, 0.2) is 23.1 Å². The predicted molar refractivity (Wildman–Crippen MR) is 65.1 cm³/mol. The lowest BCUT2D eigenvalue weighted by atomic mass is 10.2. The van der Waals surface area contributed by atoms with Crippen LogP contribution in [0.4, 0.5) is 0 Å². The Balaban J connectivity index is 3.24. The monoisotopic (exact) mass is 284 g/mol. The van der Waals surface area contributed by atoms with Crippen LogP contribution in [0.2, 0.25) is 0 Å². The van der Waals surface area contributed by atoms with Gasteiger partial charge in [0.1, 0.15) is 16.7 Å². The Hall–Kier alpha value is -2.11. The highest BCUT2D eigenvalue weighted by Crippen LogP contribution is 2.24. The van der Waals surface area contributed by atoms with Gasteiger partial charge in [-0.05, 0) is 25.2 Å². The van der Waals surface area contributed by atoms with Crippen molar-refractivity contribution < 1.29 is 22.7 Å². The maximum absolute atomic E-state index is 11.8. The first-order chi connectivity index (χ1) is 8.96. The van der Waals surface area contributed by atoms with Gasteiger partial charge in [0.05, 0.1) is 12.7 Å². The van der Waals surface area contributed by atoms with Gasteiger partial charge < -0.3 is 9.47 Å². The van der Waals surface area contributed by atoms with Crippen molar-refractivity contribution in [1.29, 1.82) is 5.26 Å². The quantitative estimate of drug-likeness (QED) is 0.779. The van der Waals surface area contributed by atoms with Crippen LogP contribution in [0.1, 0.15) is 10.4 Å². The lowest BCUT2D eigenvalue weighted by Crippen LogP contribution is -2.20. The van der Waals surface area contributed by atoms with Crippen LogP contribution < -0.4 is 9.46 Å². The summed E-state index contributed by atoms with van der Waals surface area (Å²) in [5.41, 5.74) is 0.0184. The Morgan fingerprint density at radius 3 is 2.68 bits per heavy atom. The second-order valence-corrected chi connectivity index (χ2v) is 5.16. The lowest BCUT2D eigenvalue weighted by molar-refractivity contribution is 0.0554. The van der Waals surface area contributed by atoms with Crippen LogP contribution in [0, 0.1) is 11.3 Å². The molecule has 0 atom stereocenters. The molecule has 1 aromatic carbocycles. The maximum Gasteiger partial charge on any atom is 0.339 e. The van der Waals surface area contributed by atoms with Crippen molar-refractivity contribution in [1.82, 2.24) is 4.72 Å². The molecule has 102 valence electrons. The second-order valence-electron chi connectivity index (χ2n) is 3.31. The van der Waals surface area contributed by atoms with E-state index in [1.165, 1.54) is 26.3 Å². The molecule has 19 heavy (non-hydrogen) atoms. The van der Waals surface area contributed by atoms with E-state index in [-0.39, 0.29) is 16.2 Å². The standard InChI is InChI=1S/C11H12N2O5S/c1-13-19(15,16)10-7-8(3-4-9(10)17-2)11(14)18-6-5-12/h3-4,7,13H,6H2,1-2H3. The number of esters is 1. The zero-order valence-corrected chi connectivity index (χ0v) is 11.2. The van der Waals surface area contributed by atoms with Gasteiger partial charge in [-0.2, -0.15) is 5.26 Å². The summed E-state index contributed by atoms with van der Waals surface area (Å²) >= 11 is 0. The van der Waals surface area contributed by atoms with E-state index in [0.29, 0.717) is 0 Å². The number of ether oxygens (including phenoxy) is 2. The van der Waals surface area contributed by atoms with Crippen molar-refractivity contribution in [2.45, 2.75) is 4.90 Å². The number of hydrogen-bond donors (Lipinski definition) is 1. The molecule has 0 unspecified atom stereocenters. The molecular weight excluding hydrogens is 272 g/mol. The molecule has 1 N–H and O–H groups in total. The SMILES string of the molecule is CNS(=O)(=O)c1cc(C(=O)OCC#N)ccc1OC. The van der Waals surface area contributed by atoms with E-state index in [9.17, 15) is 13.2 Å². The number of benzene rings is 1. The van der Waals surface area contributed by atoms with Gasteiger partial charge in [0.15, 0.2) is 6.61 Å². The van der Waals surface area contributed by atoms with Crippen LogP contribution >= 0.6 is 0 Å². The van der Waals surface area contributed by atoms with Gasteiger partial charge in [-0.3, -0.25) is 0 Å². The molecule has 0 bridgehead atoms. The summed E-state index contributed by atoms with van der Waals surface area (Å²) in [6, 6.07) is 5.47. The highest BCUT2D eigenvalue weighted by Gasteiger charge is 2.20. The summed E-state index contributed by atoms with van der Waals surface area (Å²) in [6.07, 6.45) is 0. The van der Waals surface area contributed by atoms with E-state index in [1.54, 1.807) is 6.07 Å². The third-order valence-electron chi connectivity index (χ3n) is 2.23. The van der Waals surface area contributed by atoms with Gasteiger partial charge in [0, 0.05) is 0 Å². The Kier molecular flexibility index (Phi) is 4.86. The minimum absolute atomic E-state index is 0.0184. The molecule has 0 saturated carbocycles. The van der Waals surface area contributed by atoms with E-state index in [1.807, 2.05) is 0 Å². The predicted octanol–water partition coefficient (Wildman–Crippen LogP) is 0.284. The largest absolute Gasteiger partial charge is 0.495 e. The molecule has 0 aliphatic rings. The highest BCUT2D eigenvalue weighted by molar-refractivity contribution is 7.89. The summed E-state index contributed by atoms with van der Waals surface area (Å²) < 4.78 is 35.2. The van der Waals surface area contributed by atoms with Crippen molar-refractivity contribution in [3.8, 4) is 11.8 Å². The first kappa shape index (κ1) is 14.9. The average Bonchev–Trinajstić information content (AvgIpc) is 2.43. The number of rotatable bonds is 5. The van der Waals surface area contributed by atoms with Crippen LogP contribution in [0.3, 0.4) is 0 Å². The van der Waals surface area contributed by atoms with Crippen molar-refractivity contribution >= 4 is 16.0 Å². The fourth-order valence-electron chi connectivity index (χ4n) is 1.30. The summed E-state index contributed by atoms with van der Waals surface area (Å²) in [4.78, 5) is 11.4. The lowest BCUT2D eigenvalue weighted by Gasteiger charge is -2.10. The molecule has 0 radical (unpaired) electrons. The summed E-state index contributed by atoms with van der Waals surface area (Å²) in [5, 5.41) is 8.31. The molecule has 0 aliphatic heterocycles. The van der Waals surface area contributed by atoms with Crippen LogP contribution in [0.5, 0.6) is 5.75 Å². The fraction of sp³-hybridized carbons (Fsp3) is 0.273. The molecule has 1 rings (SSSR count). The molecule has 7 nitrogen and oxygen atoms in total. The van der Waals surface area contributed by atoms with Gasteiger partial charge in [-0.15, -0.1) is 0 Å². The van der Waals surface area contributed by atoms with E-state index in [4.69, 9.17) is 10.00 Å². The number of carbonyl (C=O) groups is 1. The van der Waals surface area contributed by atoms with Crippen LogP contribution in [0.25, 0.3) is 0 Å². The van der Waals surface area contributed by atoms with Crippen molar-refractivity contribution in [2.24, 2.45) is 0 Å². The number of methoxy groups -OCH3 is 1. The molecule has 0 fully saturated rings. The topological polar surface area (TPSA) is 105 Å². The molecule has 0 aliphatic carbocycles. The summed E-state index contributed by atoms with van der Waals surface area (Å²) in [6.45, 7) is -0.404. The normalized spacial score (nSPS) is 10.6. The van der Waals surface area contributed by atoms with Crippen LogP contribution in [-0.2, 0) is 14.8 Å². The highest BCUT2D eigenvalue weighted by atomic mass is 32.2. The van der Waals surface area contributed by atoms with E-state index < -0.39 is 22.6 Å². The Bertz CT molecular complexity index is 618. The molecular formula is C11H12N2O5S. The molecule has 0 saturated heterocycles. The number of nitriles is 1. The van der Waals surface area contributed by atoms with Crippen molar-refractivity contribution in [3.63, 3.8) is 0 Å². The Morgan fingerprint density at radius 1 is 1.47 bits per heavy atom. The van der Waals surface area contributed by atoms with E-state index in [0.717, 1.165) is 6.07 Å². The smallest absolute Gasteiger partial charge is 0.339 e. The first-order valence-electron chi connectivity index (χ1n) is 5.12. The average molecular weight is 284 g/mol. The third-order valence-corrected chi connectivity index (χ3v) is 3.66. The van der Waals surface area contributed by atoms with Gasteiger partial charge in [-0.1, -0.05) is 0 Å². The second kappa shape index (κ2) is 6.17. The zero-order valence-electron chi connectivity index (χ0n) is 10.3. The number of sulfonamides is 1. The Morgan fingerprint density at radius 2 is 2.16 bits per heavy atom. The molecule has 0 amide bonds. The number of nitrogens with zero attached hydrogens (tertiary/aromatic N) is 1. The summed E-state index contributed by atoms with van der Waals surface area (Å²) in [5.74, 6) is -0.678. The number of nitrogens with one attached hydrogen (secondary N) is 1. The van der Waals surface area contributed by atoms with Gasteiger partial charge >= 0.3 is 5.97 Å². The summed E-state index contributed by atoms with van der Waals surface area (Å²) in [7, 11) is -1.20. The maximum atomic E-state index is 11.8. The molecule has 0 heterocycles. The fourth-order valence-corrected chi connectivity index (χ4v) is 2.22. The first-order valence-corrected chi connectivity index (χ1v) is 6.60. The van der Waals surface area contributed by atoms with Gasteiger partial charge in [-0.25, -0.2) is 17.9 Å². The molecule has 8 heteroatoms. The third kappa shape index (κ3) is 3.43. The van der Waals surface area contributed by atoms with Gasteiger partial charge in [0.25, 0.3) is 0 Å². The molecule has 0 spiro atoms. The number of hydrogen-bond acceptors (Lipinski definition) is 6. The van der Waals surface area contributed by atoms with Crippen molar-refractivity contribution in [3.05, 3.63) is 23.8 Å². The number of carbonyl (C=O) groups excluding carboxylic acids is 1. The minimum atomic E-state index is -3.77. The minimum Gasteiger partial charge on any atom is -0.495 e. The molecule has 0 aromatic heterocycles. The molecule has 1 aromatic rings. The zero-order chi connectivity index (χ0) is 14.5. The Labute approximate surface area is 110 Å².